The molecular formula is C25H32N6OS. The van der Waals surface area contributed by atoms with Crippen LogP contribution in [-0.2, 0) is 0 Å². The SMILES string of the molecule is CSc1ncc(C(=N)C2=CCN(C(=O)c3cc(C)nc(C)c3)CC2)c(NC2CCCCC2)n1. The molecule has 0 unspecified atom stereocenters. The summed E-state index contributed by atoms with van der Waals surface area (Å²) < 4.78 is 0. The molecule has 7 nitrogen and oxygen atoms in total. The van der Waals surface area contributed by atoms with E-state index in [0.717, 1.165) is 41.2 Å². The molecular weight excluding hydrogens is 432 g/mol. The average molecular weight is 465 g/mol. The molecule has 0 aromatic carbocycles. The maximum atomic E-state index is 13.0. The monoisotopic (exact) mass is 464 g/mol. The van der Waals surface area contributed by atoms with E-state index >= 15 is 0 Å². The number of nitrogens with zero attached hydrogens (tertiary/aromatic N) is 4. The highest BCUT2D eigenvalue weighted by atomic mass is 32.2. The van der Waals surface area contributed by atoms with Gasteiger partial charge in [-0.3, -0.25) is 15.2 Å². The standard InChI is InChI=1S/C25H32N6OS/c1-16-13-19(14-17(2)28-16)24(32)31-11-9-18(10-12-31)22(26)21-15-27-25(33-3)30-23(21)29-20-7-5-4-6-8-20/h9,13-15,20,26H,4-8,10-12H2,1-3H3,(H,27,29,30). The van der Waals surface area contributed by atoms with E-state index in [0.29, 0.717) is 42.0 Å². The van der Waals surface area contributed by atoms with E-state index in [1.165, 1.54) is 31.0 Å². The fourth-order valence-corrected chi connectivity index (χ4v) is 4.93. The zero-order valence-corrected chi connectivity index (χ0v) is 20.5. The Hall–Kier alpha value is -2.74. The summed E-state index contributed by atoms with van der Waals surface area (Å²) in [5.41, 5.74) is 4.49. The Morgan fingerprint density at radius 3 is 2.52 bits per heavy atom. The summed E-state index contributed by atoms with van der Waals surface area (Å²) in [6.45, 7) is 4.89. The van der Waals surface area contributed by atoms with Crippen LogP contribution in [0.3, 0.4) is 0 Å². The molecule has 8 heteroatoms. The number of carbonyl (C=O) groups excluding carboxylic acids is 1. The highest BCUT2D eigenvalue weighted by Crippen LogP contribution is 2.27. The van der Waals surface area contributed by atoms with E-state index < -0.39 is 0 Å². The average Bonchev–Trinajstić information content (AvgIpc) is 2.83. The van der Waals surface area contributed by atoms with Crippen molar-refractivity contribution in [1.29, 1.82) is 5.41 Å². The molecule has 0 atom stereocenters. The molecule has 0 saturated heterocycles. The number of hydrogen-bond donors (Lipinski definition) is 2. The predicted octanol–water partition coefficient (Wildman–Crippen LogP) is 4.80. The first kappa shape index (κ1) is 23.4. The van der Waals surface area contributed by atoms with Crippen molar-refractivity contribution in [2.24, 2.45) is 0 Å². The fourth-order valence-electron chi connectivity index (χ4n) is 4.59. The third-order valence-corrected chi connectivity index (χ3v) is 6.87. The third-order valence-electron chi connectivity index (χ3n) is 6.31. The first-order valence-electron chi connectivity index (χ1n) is 11.6. The number of thioether (sulfide) groups is 1. The van der Waals surface area contributed by atoms with Crippen LogP contribution in [0.15, 0.2) is 35.1 Å². The van der Waals surface area contributed by atoms with E-state index in [1.54, 1.807) is 6.20 Å². The molecule has 2 aliphatic rings. The number of hydrogen-bond acceptors (Lipinski definition) is 7. The maximum Gasteiger partial charge on any atom is 0.254 e. The van der Waals surface area contributed by atoms with Crippen LogP contribution < -0.4 is 5.32 Å². The lowest BCUT2D eigenvalue weighted by Gasteiger charge is -2.28. The van der Waals surface area contributed by atoms with Crippen molar-refractivity contribution < 1.29 is 4.79 Å². The van der Waals surface area contributed by atoms with Crippen molar-refractivity contribution in [3.63, 3.8) is 0 Å². The molecule has 4 rings (SSSR count). The lowest BCUT2D eigenvalue weighted by molar-refractivity contribution is 0.0769. The molecule has 33 heavy (non-hydrogen) atoms. The molecule has 1 aliphatic heterocycles. The summed E-state index contributed by atoms with van der Waals surface area (Å²) in [6, 6.07) is 4.07. The second-order valence-corrected chi connectivity index (χ2v) is 9.62. The lowest BCUT2D eigenvalue weighted by Crippen LogP contribution is -2.36. The molecule has 2 aromatic rings. The molecule has 1 amide bonds. The lowest BCUT2D eigenvalue weighted by atomic mass is 9.94. The van der Waals surface area contributed by atoms with Crippen LogP contribution in [0.5, 0.6) is 0 Å². The van der Waals surface area contributed by atoms with Gasteiger partial charge in [0.1, 0.15) is 5.82 Å². The maximum absolute atomic E-state index is 13.0. The van der Waals surface area contributed by atoms with Crippen molar-refractivity contribution in [2.45, 2.75) is 63.6 Å². The number of amides is 1. The van der Waals surface area contributed by atoms with E-state index in [2.05, 4.69) is 15.3 Å². The number of aromatic nitrogens is 3. The number of rotatable bonds is 6. The minimum Gasteiger partial charge on any atom is -0.367 e. The van der Waals surface area contributed by atoms with Gasteiger partial charge in [-0.2, -0.15) is 0 Å². The van der Waals surface area contributed by atoms with Crippen molar-refractivity contribution in [2.75, 3.05) is 24.7 Å². The van der Waals surface area contributed by atoms with Crippen LogP contribution in [0.2, 0.25) is 0 Å². The molecule has 1 aliphatic carbocycles. The zero-order chi connectivity index (χ0) is 23.4. The Morgan fingerprint density at radius 1 is 1.15 bits per heavy atom. The van der Waals surface area contributed by atoms with Gasteiger partial charge in [0, 0.05) is 42.3 Å². The van der Waals surface area contributed by atoms with Crippen molar-refractivity contribution in [3.05, 3.63) is 52.5 Å². The normalized spacial score (nSPS) is 16.9. The second kappa shape index (κ2) is 10.5. The third kappa shape index (κ3) is 5.61. The van der Waals surface area contributed by atoms with Gasteiger partial charge < -0.3 is 10.2 Å². The first-order valence-corrected chi connectivity index (χ1v) is 12.9. The largest absolute Gasteiger partial charge is 0.367 e. The van der Waals surface area contributed by atoms with Crippen molar-refractivity contribution in [3.8, 4) is 0 Å². The van der Waals surface area contributed by atoms with E-state index in [1.807, 2.05) is 43.2 Å². The van der Waals surface area contributed by atoms with E-state index in [9.17, 15) is 4.79 Å². The minimum atomic E-state index is 0.0118. The van der Waals surface area contributed by atoms with Gasteiger partial charge >= 0.3 is 0 Å². The van der Waals surface area contributed by atoms with Gasteiger partial charge in [-0.25, -0.2) is 9.97 Å². The minimum absolute atomic E-state index is 0.0118. The Labute approximate surface area is 200 Å². The number of anilines is 1. The summed E-state index contributed by atoms with van der Waals surface area (Å²) in [4.78, 5) is 28.3. The topological polar surface area (TPSA) is 94.9 Å². The van der Waals surface area contributed by atoms with Crippen LogP contribution in [0.25, 0.3) is 0 Å². The second-order valence-electron chi connectivity index (χ2n) is 8.84. The van der Waals surface area contributed by atoms with Crippen LogP contribution in [0.4, 0.5) is 5.82 Å². The molecule has 2 N–H and O–H groups in total. The van der Waals surface area contributed by atoms with E-state index in [4.69, 9.17) is 10.4 Å². The number of nitrogens with one attached hydrogen (secondary N) is 2. The fraction of sp³-hybridized carbons (Fsp3) is 0.480. The molecule has 2 aromatic heterocycles. The molecule has 1 saturated carbocycles. The van der Waals surface area contributed by atoms with Crippen LogP contribution in [0, 0.1) is 19.3 Å². The number of aryl methyl sites for hydroxylation is 2. The smallest absolute Gasteiger partial charge is 0.254 e. The van der Waals surface area contributed by atoms with Gasteiger partial charge in [-0.05, 0) is 57.1 Å². The summed E-state index contributed by atoms with van der Waals surface area (Å²) in [6.07, 6.45) is 12.4. The van der Waals surface area contributed by atoms with Gasteiger partial charge in [0.25, 0.3) is 5.91 Å². The summed E-state index contributed by atoms with van der Waals surface area (Å²) in [5.74, 6) is 0.770. The van der Waals surface area contributed by atoms with Crippen molar-refractivity contribution >= 4 is 29.2 Å². The van der Waals surface area contributed by atoms with Crippen LogP contribution in [-0.4, -0.2) is 56.9 Å². The van der Waals surface area contributed by atoms with Gasteiger partial charge in [0.2, 0.25) is 0 Å². The molecule has 0 radical (unpaired) electrons. The first-order chi connectivity index (χ1) is 15.9. The molecule has 3 heterocycles. The molecule has 0 spiro atoms. The van der Waals surface area contributed by atoms with Gasteiger partial charge in [-0.1, -0.05) is 37.1 Å². The highest BCUT2D eigenvalue weighted by molar-refractivity contribution is 7.98. The van der Waals surface area contributed by atoms with Crippen LogP contribution in [0.1, 0.15) is 65.8 Å². The summed E-state index contributed by atoms with van der Waals surface area (Å²) >= 11 is 1.51. The number of carbonyl (C=O) groups is 1. The van der Waals surface area contributed by atoms with Crippen molar-refractivity contribution in [1.82, 2.24) is 19.9 Å². The van der Waals surface area contributed by atoms with Crippen LogP contribution >= 0.6 is 11.8 Å². The molecule has 0 bridgehead atoms. The summed E-state index contributed by atoms with van der Waals surface area (Å²) in [5, 5.41) is 13.2. The highest BCUT2D eigenvalue weighted by Gasteiger charge is 2.24. The summed E-state index contributed by atoms with van der Waals surface area (Å²) in [7, 11) is 0. The van der Waals surface area contributed by atoms with E-state index in [-0.39, 0.29) is 5.91 Å². The Kier molecular flexibility index (Phi) is 7.42. The Bertz CT molecular complexity index is 1060. The zero-order valence-electron chi connectivity index (χ0n) is 19.6. The Morgan fingerprint density at radius 2 is 1.88 bits per heavy atom. The quantitative estimate of drug-likeness (QED) is 0.362. The molecule has 1 fully saturated rings. The number of pyridine rings is 1. The predicted molar refractivity (Wildman–Crippen MR) is 133 cm³/mol. The molecule has 174 valence electrons. The Balaban J connectivity index is 1.50. The van der Waals surface area contributed by atoms with Gasteiger partial charge in [0.05, 0.1) is 11.3 Å². The van der Waals surface area contributed by atoms with Gasteiger partial charge in [-0.15, -0.1) is 0 Å². The van der Waals surface area contributed by atoms with Gasteiger partial charge in [0.15, 0.2) is 5.16 Å².